The maximum Gasteiger partial charge on any atom is 0.332 e. The van der Waals surface area contributed by atoms with Crippen LogP contribution in [0.25, 0.3) is 0 Å². The van der Waals surface area contributed by atoms with Crippen molar-refractivity contribution in [1.82, 2.24) is 5.32 Å². The second kappa shape index (κ2) is 3.87. The number of carboxylic acid groups (broad SMARTS) is 1. The van der Waals surface area contributed by atoms with Crippen molar-refractivity contribution < 1.29 is 19.4 Å². The molecule has 0 aliphatic carbocycles. The predicted molar refractivity (Wildman–Crippen MR) is 39.3 cm³/mol. The zero-order chi connectivity index (χ0) is 9.84. The summed E-state index contributed by atoms with van der Waals surface area (Å²) in [6.45, 7) is 0. The first-order chi connectivity index (χ1) is 6.15. The minimum Gasteiger partial charge on any atom is -0.479 e. The molecule has 1 saturated heterocycles. The van der Waals surface area contributed by atoms with Gasteiger partial charge in [-0.15, -0.1) is 0 Å². The zero-order valence-corrected chi connectivity index (χ0v) is 6.69. The van der Waals surface area contributed by atoms with Crippen molar-refractivity contribution in [2.75, 3.05) is 0 Å². The van der Waals surface area contributed by atoms with Crippen molar-refractivity contribution in [3.05, 3.63) is 0 Å². The molecule has 2 N–H and O–H groups in total. The standard InChI is InChI=1S/C7H8N2O4/c8-3-9-6(10)4-1-2-5(13-4)7(11)12/h4-5H,1-2H2,(H,9,10)(H,11,12). The smallest absolute Gasteiger partial charge is 0.332 e. The molecule has 1 rings (SSSR count). The first-order valence-electron chi connectivity index (χ1n) is 3.72. The summed E-state index contributed by atoms with van der Waals surface area (Å²) in [5, 5.41) is 18.5. The Labute approximate surface area is 74.1 Å². The highest BCUT2D eigenvalue weighted by Gasteiger charge is 2.34. The quantitative estimate of drug-likeness (QED) is 0.433. The van der Waals surface area contributed by atoms with Crippen LogP contribution >= 0.6 is 0 Å². The molecule has 1 heterocycles. The van der Waals surface area contributed by atoms with Gasteiger partial charge >= 0.3 is 5.97 Å². The first kappa shape index (κ1) is 9.48. The molecular formula is C7H8N2O4. The zero-order valence-electron chi connectivity index (χ0n) is 6.69. The average Bonchev–Trinajstić information content (AvgIpc) is 2.52. The molecule has 0 bridgehead atoms. The van der Waals surface area contributed by atoms with E-state index in [1.807, 2.05) is 5.32 Å². The van der Waals surface area contributed by atoms with E-state index in [1.54, 1.807) is 0 Å². The van der Waals surface area contributed by atoms with Gasteiger partial charge in [0.05, 0.1) is 0 Å². The monoisotopic (exact) mass is 184 g/mol. The fraction of sp³-hybridized carbons (Fsp3) is 0.571. The number of amides is 1. The van der Waals surface area contributed by atoms with Crippen molar-refractivity contribution in [2.24, 2.45) is 0 Å². The van der Waals surface area contributed by atoms with Crippen LogP contribution in [-0.4, -0.2) is 29.2 Å². The van der Waals surface area contributed by atoms with Crippen LogP contribution in [0.3, 0.4) is 0 Å². The minimum absolute atomic E-state index is 0.304. The molecule has 13 heavy (non-hydrogen) atoms. The molecular weight excluding hydrogens is 176 g/mol. The molecule has 1 amide bonds. The number of carbonyl (C=O) groups excluding carboxylic acids is 1. The second-order valence-corrected chi connectivity index (χ2v) is 2.63. The third kappa shape index (κ3) is 2.16. The van der Waals surface area contributed by atoms with Gasteiger partial charge < -0.3 is 9.84 Å². The van der Waals surface area contributed by atoms with Crippen LogP contribution in [-0.2, 0) is 14.3 Å². The third-order valence-corrected chi connectivity index (χ3v) is 1.77. The highest BCUT2D eigenvalue weighted by Crippen LogP contribution is 2.19. The summed E-state index contributed by atoms with van der Waals surface area (Å²) >= 11 is 0. The molecule has 0 radical (unpaired) electrons. The number of carbonyl (C=O) groups is 2. The molecule has 0 aromatic rings. The Bertz CT molecular complexity index is 270. The Balaban J connectivity index is 2.46. The molecule has 6 nitrogen and oxygen atoms in total. The fourth-order valence-electron chi connectivity index (χ4n) is 1.15. The summed E-state index contributed by atoms with van der Waals surface area (Å²) in [6.07, 6.45) is 0.377. The van der Waals surface area contributed by atoms with Gasteiger partial charge in [0.15, 0.2) is 12.3 Å². The van der Waals surface area contributed by atoms with Crippen LogP contribution in [0.4, 0.5) is 0 Å². The Kier molecular flexibility index (Phi) is 2.82. The number of rotatable bonds is 2. The van der Waals surface area contributed by atoms with E-state index in [4.69, 9.17) is 15.1 Å². The number of hydrogen-bond donors (Lipinski definition) is 2. The Hall–Kier alpha value is -1.61. The SMILES string of the molecule is N#CNC(=O)C1CCC(C(=O)O)O1. The molecule has 6 heteroatoms. The van der Waals surface area contributed by atoms with Crippen molar-refractivity contribution in [2.45, 2.75) is 25.0 Å². The van der Waals surface area contributed by atoms with Crippen molar-refractivity contribution >= 4 is 11.9 Å². The lowest BCUT2D eigenvalue weighted by molar-refractivity contribution is -0.151. The van der Waals surface area contributed by atoms with Gasteiger partial charge in [-0.3, -0.25) is 10.1 Å². The van der Waals surface area contributed by atoms with Crippen molar-refractivity contribution in [3.63, 3.8) is 0 Å². The summed E-state index contributed by atoms with van der Waals surface area (Å²) in [6, 6.07) is 0. The number of ether oxygens (including phenoxy) is 1. The molecule has 1 fully saturated rings. The van der Waals surface area contributed by atoms with Gasteiger partial charge in [0.25, 0.3) is 5.91 Å². The maximum atomic E-state index is 11.0. The van der Waals surface area contributed by atoms with E-state index in [0.29, 0.717) is 12.8 Å². The number of carboxylic acids is 1. The molecule has 0 saturated carbocycles. The van der Waals surface area contributed by atoms with E-state index in [-0.39, 0.29) is 0 Å². The lowest BCUT2D eigenvalue weighted by Crippen LogP contribution is -2.32. The molecule has 1 aliphatic heterocycles. The van der Waals surface area contributed by atoms with Gasteiger partial charge in [0, 0.05) is 0 Å². The summed E-state index contributed by atoms with van der Waals surface area (Å²) in [5.74, 6) is -1.65. The second-order valence-electron chi connectivity index (χ2n) is 2.63. The summed E-state index contributed by atoms with van der Waals surface area (Å²) in [5.41, 5.74) is 0. The number of nitriles is 1. The van der Waals surface area contributed by atoms with Gasteiger partial charge in [-0.2, -0.15) is 5.26 Å². The average molecular weight is 184 g/mol. The third-order valence-electron chi connectivity index (χ3n) is 1.77. The minimum atomic E-state index is -1.08. The summed E-state index contributed by atoms with van der Waals surface area (Å²) in [7, 11) is 0. The lowest BCUT2D eigenvalue weighted by atomic mass is 10.2. The highest BCUT2D eigenvalue weighted by molar-refractivity contribution is 5.83. The van der Waals surface area contributed by atoms with Gasteiger partial charge in [-0.05, 0) is 12.8 Å². The molecule has 2 unspecified atom stereocenters. The van der Waals surface area contributed by atoms with Crippen LogP contribution in [0, 0.1) is 11.5 Å². The largest absolute Gasteiger partial charge is 0.479 e. The molecule has 2 atom stereocenters. The van der Waals surface area contributed by atoms with Crippen LogP contribution in [0.5, 0.6) is 0 Å². The van der Waals surface area contributed by atoms with Crippen LogP contribution in [0.2, 0.25) is 0 Å². The predicted octanol–water partition coefficient (Wildman–Crippen LogP) is -0.784. The fourth-order valence-corrected chi connectivity index (χ4v) is 1.15. The number of aliphatic carboxylic acids is 1. The van der Waals surface area contributed by atoms with E-state index in [0.717, 1.165) is 0 Å². The van der Waals surface area contributed by atoms with E-state index in [1.165, 1.54) is 6.19 Å². The number of nitrogens with one attached hydrogen (secondary N) is 1. The van der Waals surface area contributed by atoms with Crippen LogP contribution in [0.15, 0.2) is 0 Å². The topological polar surface area (TPSA) is 99.4 Å². The molecule has 0 aromatic carbocycles. The van der Waals surface area contributed by atoms with E-state index in [2.05, 4.69) is 0 Å². The van der Waals surface area contributed by atoms with E-state index < -0.39 is 24.1 Å². The molecule has 0 aromatic heterocycles. The van der Waals surface area contributed by atoms with Crippen molar-refractivity contribution in [1.29, 1.82) is 5.26 Å². The summed E-state index contributed by atoms with van der Waals surface area (Å²) < 4.78 is 4.87. The van der Waals surface area contributed by atoms with Crippen LogP contribution < -0.4 is 5.32 Å². The van der Waals surface area contributed by atoms with E-state index >= 15 is 0 Å². The van der Waals surface area contributed by atoms with Gasteiger partial charge in [0.1, 0.15) is 6.10 Å². The van der Waals surface area contributed by atoms with Gasteiger partial charge in [-0.25, -0.2) is 4.79 Å². The van der Waals surface area contributed by atoms with Gasteiger partial charge in [0.2, 0.25) is 0 Å². The van der Waals surface area contributed by atoms with E-state index in [9.17, 15) is 9.59 Å². The van der Waals surface area contributed by atoms with Crippen molar-refractivity contribution in [3.8, 4) is 6.19 Å². The Morgan fingerprint density at radius 1 is 1.46 bits per heavy atom. The normalized spacial score (nSPS) is 26.4. The number of nitrogens with zero attached hydrogens (tertiary/aromatic N) is 1. The van der Waals surface area contributed by atoms with Gasteiger partial charge in [-0.1, -0.05) is 0 Å². The molecule has 1 aliphatic rings. The molecule has 70 valence electrons. The lowest BCUT2D eigenvalue weighted by Gasteiger charge is -2.07. The Morgan fingerprint density at radius 3 is 2.54 bits per heavy atom. The summed E-state index contributed by atoms with van der Waals surface area (Å²) in [4.78, 5) is 21.4. The highest BCUT2D eigenvalue weighted by atomic mass is 16.5. The molecule has 0 spiro atoms. The Morgan fingerprint density at radius 2 is 2.08 bits per heavy atom. The maximum absolute atomic E-state index is 11.0. The van der Waals surface area contributed by atoms with Crippen LogP contribution in [0.1, 0.15) is 12.8 Å². The first-order valence-corrected chi connectivity index (χ1v) is 3.72. The number of hydrogen-bond acceptors (Lipinski definition) is 4.